The quantitative estimate of drug-likeness (QED) is 0.875. The van der Waals surface area contributed by atoms with Crippen LogP contribution in [0.4, 0.5) is 10.1 Å². The first-order valence-corrected chi connectivity index (χ1v) is 8.41. The predicted octanol–water partition coefficient (Wildman–Crippen LogP) is 2.19. The highest BCUT2D eigenvalue weighted by molar-refractivity contribution is 6.09. The van der Waals surface area contributed by atoms with Gasteiger partial charge in [-0.25, -0.2) is 14.4 Å². The van der Waals surface area contributed by atoms with Crippen LogP contribution in [0.1, 0.15) is 41.0 Å². The molecule has 4 rings (SSSR count). The number of hydrogen-bond donors (Lipinski definition) is 2. The number of phenols is 1. The van der Waals surface area contributed by atoms with Crippen molar-refractivity contribution < 1.29 is 14.3 Å². The lowest BCUT2D eigenvalue weighted by molar-refractivity contribution is 0.0990. The number of para-hydroxylation sites is 1. The number of carbonyl (C=O) groups excluding carboxylic acids is 1. The molecule has 0 aliphatic carbocycles. The van der Waals surface area contributed by atoms with Crippen molar-refractivity contribution in [2.45, 2.75) is 25.8 Å². The zero-order chi connectivity index (χ0) is 17.6. The molecular formula is C18H19FN4O2. The van der Waals surface area contributed by atoms with E-state index in [2.05, 4.69) is 22.2 Å². The number of piperidine rings is 1. The SMILES string of the molecule is C[C@H]1CNCCC1c1ncnc2c1CN(c1c(O)cccc1F)C2=O. The van der Waals surface area contributed by atoms with Gasteiger partial charge in [-0.05, 0) is 37.6 Å². The van der Waals surface area contributed by atoms with E-state index in [1.54, 1.807) is 0 Å². The van der Waals surface area contributed by atoms with Gasteiger partial charge < -0.3 is 10.4 Å². The van der Waals surface area contributed by atoms with E-state index in [-0.39, 0.29) is 23.9 Å². The van der Waals surface area contributed by atoms with Crippen LogP contribution in [-0.4, -0.2) is 34.1 Å². The zero-order valence-corrected chi connectivity index (χ0v) is 13.9. The molecule has 25 heavy (non-hydrogen) atoms. The minimum absolute atomic E-state index is 0.102. The van der Waals surface area contributed by atoms with Gasteiger partial charge in [-0.15, -0.1) is 0 Å². The van der Waals surface area contributed by atoms with Crippen molar-refractivity contribution in [3.8, 4) is 5.75 Å². The molecule has 1 unspecified atom stereocenters. The molecule has 1 amide bonds. The van der Waals surface area contributed by atoms with E-state index in [1.807, 2.05) is 0 Å². The summed E-state index contributed by atoms with van der Waals surface area (Å²) in [4.78, 5) is 22.6. The van der Waals surface area contributed by atoms with Gasteiger partial charge in [-0.3, -0.25) is 9.69 Å². The fraction of sp³-hybridized carbons (Fsp3) is 0.389. The van der Waals surface area contributed by atoms with Crippen LogP contribution in [0.15, 0.2) is 24.5 Å². The highest BCUT2D eigenvalue weighted by atomic mass is 19.1. The van der Waals surface area contributed by atoms with Gasteiger partial charge in [0.25, 0.3) is 5.91 Å². The summed E-state index contributed by atoms with van der Waals surface area (Å²) in [6, 6.07) is 4.01. The summed E-state index contributed by atoms with van der Waals surface area (Å²) in [6.07, 6.45) is 2.34. The second-order valence-corrected chi connectivity index (χ2v) is 6.66. The van der Waals surface area contributed by atoms with Crippen molar-refractivity contribution in [3.63, 3.8) is 0 Å². The molecule has 2 N–H and O–H groups in total. The van der Waals surface area contributed by atoms with E-state index in [0.717, 1.165) is 30.8 Å². The maximum atomic E-state index is 14.2. The monoisotopic (exact) mass is 342 g/mol. The third kappa shape index (κ3) is 2.55. The Bertz CT molecular complexity index is 822. The number of amides is 1. The van der Waals surface area contributed by atoms with Crippen LogP contribution in [0.2, 0.25) is 0 Å². The van der Waals surface area contributed by atoms with E-state index in [4.69, 9.17) is 0 Å². The number of carbonyl (C=O) groups is 1. The van der Waals surface area contributed by atoms with Gasteiger partial charge in [0.05, 0.1) is 12.2 Å². The van der Waals surface area contributed by atoms with Gasteiger partial charge in [-0.1, -0.05) is 13.0 Å². The van der Waals surface area contributed by atoms with Crippen LogP contribution in [0.25, 0.3) is 0 Å². The Kier molecular flexibility index (Phi) is 3.88. The number of phenolic OH excluding ortho intramolecular Hbond substituents is 1. The summed E-state index contributed by atoms with van der Waals surface area (Å²) in [7, 11) is 0. The molecule has 130 valence electrons. The van der Waals surface area contributed by atoms with Crippen molar-refractivity contribution in [2.75, 3.05) is 18.0 Å². The van der Waals surface area contributed by atoms with Gasteiger partial charge in [0, 0.05) is 11.5 Å². The van der Waals surface area contributed by atoms with E-state index in [1.165, 1.54) is 29.4 Å². The first-order chi connectivity index (χ1) is 12.1. The van der Waals surface area contributed by atoms with Crippen LogP contribution >= 0.6 is 0 Å². The van der Waals surface area contributed by atoms with Crippen LogP contribution < -0.4 is 10.2 Å². The molecule has 0 bridgehead atoms. The van der Waals surface area contributed by atoms with Crippen LogP contribution in [0.5, 0.6) is 5.75 Å². The van der Waals surface area contributed by atoms with Crippen LogP contribution in [-0.2, 0) is 6.54 Å². The van der Waals surface area contributed by atoms with E-state index >= 15 is 0 Å². The number of aromatic nitrogens is 2. The molecule has 2 atom stereocenters. The van der Waals surface area contributed by atoms with E-state index < -0.39 is 11.7 Å². The number of fused-ring (bicyclic) bond motifs is 1. The second kappa shape index (κ2) is 6.07. The third-order valence-corrected chi connectivity index (χ3v) is 5.11. The fourth-order valence-electron chi connectivity index (χ4n) is 3.82. The van der Waals surface area contributed by atoms with Crippen molar-refractivity contribution in [1.82, 2.24) is 15.3 Å². The largest absolute Gasteiger partial charge is 0.506 e. The highest BCUT2D eigenvalue weighted by Crippen LogP contribution is 2.39. The van der Waals surface area contributed by atoms with Crippen molar-refractivity contribution in [2.24, 2.45) is 5.92 Å². The summed E-state index contributed by atoms with van der Waals surface area (Å²) >= 11 is 0. The first-order valence-electron chi connectivity index (χ1n) is 8.41. The number of halogens is 1. The maximum Gasteiger partial charge on any atom is 0.277 e. The number of nitrogens with one attached hydrogen (secondary N) is 1. The Morgan fingerprint density at radius 3 is 2.96 bits per heavy atom. The van der Waals surface area contributed by atoms with Gasteiger partial charge in [0.2, 0.25) is 0 Å². The van der Waals surface area contributed by atoms with Crippen molar-refractivity contribution in [1.29, 1.82) is 0 Å². The minimum atomic E-state index is -0.633. The molecule has 2 aliphatic heterocycles. The molecule has 7 heteroatoms. The Labute approximate surface area is 144 Å². The maximum absolute atomic E-state index is 14.2. The normalized spacial score (nSPS) is 23.0. The molecule has 1 fully saturated rings. The Hall–Kier alpha value is -2.54. The number of anilines is 1. The van der Waals surface area contributed by atoms with Gasteiger partial charge >= 0.3 is 0 Å². The lowest BCUT2D eigenvalue weighted by atomic mass is 9.83. The topological polar surface area (TPSA) is 78.3 Å². The number of benzene rings is 1. The minimum Gasteiger partial charge on any atom is -0.506 e. The second-order valence-electron chi connectivity index (χ2n) is 6.66. The van der Waals surface area contributed by atoms with Gasteiger partial charge in [0.15, 0.2) is 5.82 Å². The zero-order valence-electron chi connectivity index (χ0n) is 13.9. The molecular weight excluding hydrogens is 323 g/mol. The smallest absolute Gasteiger partial charge is 0.277 e. The fourth-order valence-corrected chi connectivity index (χ4v) is 3.82. The molecule has 1 saturated heterocycles. The summed E-state index contributed by atoms with van der Waals surface area (Å²) in [5.74, 6) is -0.670. The molecule has 1 aromatic carbocycles. The third-order valence-electron chi connectivity index (χ3n) is 5.11. The van der Waals surface area contributed by atoms with Crippen LogP contribution in [0, 0.1) is 11.7 Å². The van der Waals surface area contributed by atoms with E-state index in [0.29, 0.717) is 11.6 Å². The summed E-state index contributed by atoms with van der Waals surface area (Å²) < 4.78 is 14.2. The standard InChI is InChI=1S/C18H19FN4O2/c1-10-7-20-6-5-11(10)15-12-8-23(18(25)16(12)22-9-21-15)17-13(19)3-2-4-14(17)24/h2-4,9-11,20,24H,5-8H2,1H3/t10-,11?/m0/s1. The molecule has 0 radical (unpaired) electrons. The van der Waals surface area contributed by atoms with Gasteiger partial charge in [-0.2, -0.15) is 0 Å². The van der Waals surface area contributed by atoms with Gasteiger partial charge in [0.1, 0.15) is 23.5 Å². The Balaban J connectivity index is 1.76. The number of hydrogen-bond acceptors (Lipinski definition) is 5. The highest BCUT2D eigenvalue weighted by Gasteiger charge is 2.37. The van der Waals surface area contributed by atoms with Crippen LogP contribution in [0.3, 0.4) is 0 Å². The predicted molar refractivity (Wildman–Crippen MR) is 90.0 cm³/mol. The molecule has 2 aliphatic rings. The molecule has 0 saturated carbocycles. The average molecular weight is 342 g/mol. The number of aromatic hydroxyl groups is 1. The van der Waals surface area contributed by atoms with Crippen molar-refractivity contribution >= 4 is 11.6 Å². The summed E-state index contributed by atoms with van der Waals surface area (Å²) in [6.45, 7) is 4.13. The molecule has 2 aromatic rings. The number of rotatable bonds is 2. The molecule has 3 heterocycles. The number of nitrogens with zero attached hydrogens (tertiary/aromatic N) is 3. The Morgan fingerprint density at radius 2 is 2.20 bits per heavy atom. The lowest BCUT2D eigenvalue weighted by Crippen LogP contribution is -2.34. The first kappa shape index (κ1) is 16.0. The molecule has 1 aromatic heterocycles. The molecule has 6 nitrogen and oxygen atoms in total. The summed E-state index contributed by atoms with van der Waals surface area (Å²) in [5, 5.41) is 13.4. The Morgan fingerprint density at radius 1 is 1.36 bits per heavy atom. The van der Waals surface area contributed by atoms with Crippen molar-refractivity contribution in [3.05, 3.63) is 47.3 Å². The average Bonchev–Trinajstić information content (AvgIpc) is 2.92. The molecule has 0 spiro atoms. The summed E-state index contributed by atoms with van der Waals surface area (Å²) in [5.41, 5.74) is 1.81. The van der Waals surface area contributed by atoms with E-state index in [9.17, 15) is 14.3 Å². The lowest BCUT2D eigenvalue weighted by Gasteiger charge is -2.30.